The molecule has 29 heavy (non-hydrogen) atoms. The Labute approximate surface area is 171 Å². The molecule has 156 valence electrons. The Hall–Kier alpha value is -2.64. The van der Waals surface area contributed by atoms with Crippen molar-refractivity contribution in [3.63, 3.8) is 0 Å². The van der Waals surface area contributed by atoms with Crippen molar-refractivity contribution in [2.45, 2.75) is 6.04 Å². The van der Waals surface area contributed by atoms with Gasteiger partial charge in [0.1, 0.15) is 5.82 Å². The van der Waals surface area contributed by atoms with E-state index in [1.54, 1.807) is 37.4 Å². The molecule has 2 aromatic carbocycles. The fourth-order valence-electron chi connectivity index (χ4n) is 3.55. The number of amides is 1. The fourth-order valence-corrected chi connectivity index (χ4v) is 3.55. The van der Waals surface area contributed by atoms with Gasteiger partial charge in [0.25, 0.3) is 5.91 Å². The number of methoxy groups -OCH3 is 2. The van der Waals surface area contributed by atoms with Crippen molar-refractivity contribution < 1.29 is 18.7 Å². The maximum Gasteiger partial charge on any atom is 0.251 e. The topological polar surface area (TPSA) is 54.0 Å². The molecular formula is C22H28FN3O3. The van der Waals surface area contributed by atoms with Crippen molar-refractivity contribution in [3.8, 4) is 11.5 Å². The summed E-state index contributed by atoms with van der Waals surface area (Å²) < 4.78 is 23.9. The third-order valence-corrected chi connectivity index (χ3v) is 5.34. The monoisotopic (exact) mass is 401 g/mol. The summed E-state index contributed by atoms with van der Waals surface area (Å²) in [6.07, 6.45) is 0. The van der Waals surface area contributed by atoms with E-state index in [0.29, 0.717) is 23.6 Å². The lowest BCUT2D eigenvalue weighted by molar-refractivity contribution is 0.0886. The number of nitrogens with zero attached hydrogens (tertiary/aromatic N) is 2. The average molecular weight is 401 g/mol. The van der Waals surface area contributed by atoms with E-state index in [4.69, 9.17) is 9.47 Å². The highest BCUT2D eigenvalue weighted by atomic mass is 19.1. The minimum Gasteiger partial charge on any atom is -0.493 e. The average Bonchev–Trinajstić information content (AvgIpc) is 2.75. The van der Waals surface area contributed by atoms with Crippen LogP contribution in [0.3, 0.4) is 0 Å². The molecule has 6 nitrogen and oxygen atoms in total. The zero-order chi connectivity index (χ0) is 20.8. The largest absolute Gasteiger partial charge is 0.493 e. The highest BCUT2D eigenvalue weighted by Gasteiger charge is 2.25. The van der Waals surface area contributed by atoms with Gasteiger partial charge in [-0.25, -0.2) is 4.39 Å². The molecule has 1 atom stereocenters. The van der Waals surface area contributed by atoms with Crippen LogP contribution in [0.15, 0.2) is 42.5 Å². The van der Waals surface area contributed by atoms with Crippen LogP contribution in [0.5, 0.6) is 11.5 Å². The Kier molecular flexibility index (Phi) is 7.06. The number of carbonyl (C=O) groups is 1. The maximum absolute atomic E-state index is 13.4. The van der Waals surface area contributed by atoms with E-state index in [-0.39, 0.29) is 17.8 Å². The summed E-state index contributed by atoms with van der Waals surface area (Å²) in [6, 6.07) is 11.6. The van der Waals surface area contributed by atoms with Gasteiger partial charge in [-0.05, 0) is 42.9 Å². The molecule has 0 aliphatic carbocycles. The van der Waals surface area contributed by atoms with Gasteiger partial charge in [0, 0.05) is 38.3 Å². The third-order valence-electron chi connectivity index (χ3n) is 5.34. The second-order valence-electron chi connectivity index (χ2n) is 7.19. The number of ether oxygens (including phenoxy) is 2. The zero-order valence-corrected chi connectivity index (χ0v) is 17.2. The van der Waals surface area contributed by atoms with Crippen molar-refractivity contribution in [2.75, 3.05) is 54.0 Å². The summed E-state index contributed by atoms with van der Waals surface area (Å²) >= 11 is 0. The number of piperazine rings is 1. The van der Waals surface area contributed by atoms with Gasteiger partial charge >= 0.3 is 0 Å². The number of hydrogen-bond acceptors (Lipinski definition) is 5. The summed E-state index contributed by atoms with van der Waals surface area (Å²) in [4.78, 5) is 17.4. The Morgan fingerprint density at radius 1 is 1.03 bits per heavy atom. The number of hydrogen-bond donors (Lipinski definition) is 1. The van der Waals surface area contributed by atoms with Gasteiger partial charge in [-0.15, -0.1) is 0 Å². The minimum absolute atomic E-state index is 0.0200. The van der Waals surface area contributed by atoms with E-state index in [2.05, 4.69) is 22.2 Å². The van der Waals surface area contributed by atoms with Gasteiger partial charge in [0.15, 0.2) is 11.5 Å². The molecule has 7 heteroatoms. The van der Waals surface area contributed by atoms with Gasteiger partial charge in [-0.2, -0.15) is 0 Å². The van der Waals surface area contributed by atoms with Crippen LogP contribution in [0.2, 0.25) is 0 Å². The van der Waals surface area contributed by atoms with Crippen LogP contribution in [0, 0.1) is 5.82 Å². The number of likely N-dealkylation sites (N-methyl/N-ethyl adjacent to an activating group) is 1. The standard InChI is InChI=1S/C22H28FN3O3/c1-25-10-12-26(13-11-25)19(16-4-7-18(23)8-5-16)15-24-22(27)17-6-9-20(28-2)21(14-17)29-3/h4-9,14,19H,10-13,15H2,1-3H3,(H,24,27)/t19-/m1/s1. The fraction of sp³-hybridized carbons (Fsp3) is 0.409. The molecule has 1 fully saturated rings. The molecule has 0 bridgehead atoms. The number of carbonyl (C=O) groups excluding carboxylic acids is 1. The summed E-state index contributed by atoms with van der Waals surface area (Å²) in [5.74, 6) is 0.632. The van der Waals surface area contributed by atoms with Crippen LogP contribution in [0.25, 0.3) is 0 Å². The van der Waals surface area contributed by atoms with E-state index in [1.165, 1.54) is 19.2 Å². The van der Waals surface area contributed by atoms with Gasteiger partial charge in [-0.1, -0.05) is 12.1 Å². The Bertz CT molecular complexity index is 821. The molecule has 0 spiro atoms. The molecule has 1 amide bonds. The van der Waals surface area contributed by atoms with Gasteiger partial charge in [0.2, 0.25) is 0 Å². The summed E-state index contributed by atoms with van der Waals surface area (Å²) in [5.41, 5.74) is 1.49. The van der Waals surface area contributed by atoms with Crippen molar-refractivity contribution in [3.05, 3.63) is 59.4 Å². The first kappa shape index (κ1) is 21.1. The molecular weight excluding hydrogens is 373 g/mol. The van der Waals surface area contributed by atoms with Crippen LogP contribution in [-0.2, 0) is 0 Å². The second kappa shape index (κ2) is 9.71. The predicted octanol–water partition coefficient (Wildman–Crippen LogP) is 2.56. The lowest BCUT2D eigenvalue weighted by Gasteiger charge is -2.38. The molecule has 1 aliphatic heterocycles. The SMILES string of the molecule is COc1ccc(C(=O)NC[C@H](c2ccc(F)cc2)N2CCN(C)CC2)cc1OC. The molecule has 1 heterocycles. The van der Waals surface area contributed by atoms with Gasteiger partial charge in [-0.3, -0.25) is 9.69 Å². The smallest absolute Gasteiger partial charge is 0.251 e. The zero-order valence-electron chi connectivity index (χ0n) is 17.2. The second-order valence-corrected chi connectivity index (χ2v) is 7.19. The summed E-state index contributed by atoms with van der Waals surface area (Å²) in [7, 11) is 5.20. The lowest BCUT2D eigenvalue weighted by Crippen LogP contribution is -2.48. The quantitative estimate of drug-likeness (QED) is 0.773. The summed E-state index contributed by atoms with van der Waals surface area (Å²) in [5, 5.41) is 3.03. The minimum atomic E-state index is -0.264. The maximum atomic E-state index is 13.4. The molecule has 0 radical (unpaired) electrons. The first-order valence-electron chi connectivity index (χ1n) is 9.70. The molecule has 0 saturated carbocycles. The molecule has 3 rings (SSSR count). The van der Waals surface area contributed by atoms with Gasteiger partial charge in [0.05, 0.1) is 20.3 Å². The van der Waals surface area contributed by atoms with Crippen molar-refractivity contribution in [1.29, 1.82) is 0 Å². The molecule has 0 unspecified atom stereocenters. The van der Waals surface area contributed by atoms with Crippen LogP contribution in [0.4, 0.5) is 4.39 Å². The van der Waals surface area contributed by atoms with Crippen LogP contribution in [0.1, 0.15) is 22.0 Å². The van der Waals surface area contributed by atoms with E-state index in [9.17, 15) is 9.18 Å². The molecule has 1 saturated heterocycles. The Balaban J connectivity index is 1.74. The number of nitrogens with one attached hydrogen (secondary N) is 1. The first-order valence-corrected chi connectivity index (χ1v) is 9.70. The Morgan fingerprint density at radius 2 is 1.69 bits per heavy atom. The van der Waals surface area contributed by atoms with Gasteiger partial charge < -0.3 is 19.7 Å². The normalized spacial score (nSPS) is 16.3. The van der Waals surface area contributed by atoms with Crippen LogP contribution < -0.4 is 14.8 Å². The summed E-state index contributed by atoms with van der Waals surface area (Å²) in [6.45, 7) is 4.14. The van der Waals surface area contributed by atoms with Crippen LogP contribution in [-0.4, -0.2) is 69.7 Å². The highest BCUT2D eigenvalue weighted by molar-refractivity contribution is 5.94. The number of rotatable bonds is 7. The highest BCUT2D eigenvalue weighted by Crippen LogP contribution is 2.28. The number of benzene rings is 2. The molecule has 1 N–H and O–H groups in total. The van der Waals surface area contributed by atoms with E-state index in [1.807, 2.05) is 0 Å². The lowest BCUT2D eigenvalue weighted by atomic mass is 10.0. The van der Waals surface area contributed by atoms with Crippen molar-refractivity contribution >= 4 is 5.91 Å². The van der Waals surface area contributed by atoms with Crippen molar-refractivity contribution in [1.82, 2.24) is 15.1 Å². The number of halogens is 1. The predicted molar refractivity (Wildman–Crippen MR) is 110 cm³/mol. The third kappa shape index (κ3) is 5.25. The first-order chi connectivity index (χ1) is 14.0. The Morgan fingerprint density at radius 3 is 2.31 bits per heavy atom. The van der Waals surface area contributed by atoms with Crippen molar-refractivity contribution in [2.24, 2.45) is 0 Å². The molecule has 1 aliphatic rings. The molecule has 0 aromatic heterocycles. The van der Waals surface area contributed by atoms with Crippen LogP contribution >= 0.6 is 0 Å². The van der Waals surface area contributed by atoms with E-state index in [0.717, 1.165) is 31.7 Å². The van der Waals surface area contributed by atoms with E-state index < -0.39 is 0 Å². The molecule has 2 aromatic rings. The van der Waals surface area contributed by atoms with E-state index >= 15 is 0 Å².